The molecule has 1 saturated heterocycles. The van der Waals surface area contributed by atoms with Crippen molar-refractivity contribution in [3.05, 3.63) is 23.8 Å². The predicted molar refractivity (Wildman–Crippen MR) is 115 cm³/mol. The van der Waals surface area contributed by atoms with Crippen LogP contribution in [0.2, 0.25) is 0 Å². The zero-order chi connectivity index (χ0) is 19.6. The average Bonchev–Trinajstić information content (AvgIpc) is 2.64. The maximum atomic E-state index is 12.8. The van der Waals surface area contributed by atoms with E-state index in [-0.39, 0.29) is 42.4 Å². The molecule has 0 bridgehead atoms. The minimum Gasteiger partial charge on any atom is -0.490 e. The van der Waals surface area contributed by atoms with Gasteiger partial charge in [-0.2, -0.15) is 8.78 Å². The van der Waals surface area contributed by atoms with Gasteiger partial charge in [0, 0.05) is 38.8 Å². The molecule has 0 amide bonds. The van der Waals surface area contributed by atoms with Gasteiger partial charge in [-0.15, -0.1) is 24.0 Å². The lowest BCUT2D eigenvalue weighted by molar-refractivity contribution is -0.0520. The SMILES string of the molecule is CCOc1cccc(CNC(=NC)NCC2CN(C)CCO2)c1OC(F)F.I. The number of hydrogen-bond donors (Lipinski definition) is 2. The lowest BCUT2D eigenvalue weighted by Gasteiger charge is -2.30. The molecule has 0 aliphatic carbocycles. The van der Waals surface area contributed by atoms with Crippen LogP contribution in [-0.2, 0) is 11.3 Å². The summed E-state index contributed by atoms with van der Waals surface area (Å²) in [5.41, 5.74) is 0.554. The molecule has 0 aromatic heterocycles. The van der Waals surface area contributed by atoms with Crippen LogP contribution in [-0.4, -0.2) is 70.5 Å². The van der Waals surface area contributed by atoms with Gasteiger partial charge in [0.1, 0.15) is 0 Å². The molecule has 1 aliphatic heterocycles. The number of likely N-dealkylation sites (N-methyl/N-ethyl adjacent to an activating group) is 1. The largest absolute Gasteiger partial charge is 0.490 e. The maximum Gasteiger partial charge on any atom is 0.387 e. The lowest BCUT2D eigenvalue weighted by Crippen LogP contribution is -2.48. The number of nitrogens with one attached hydrogen (secondary N) is 2. The fourth-order valence-corrected chi connectivity index (χ4v) is 2.79. The Balaban J connectivity index is 0.00000392. The zero-order valence-electron chi connectivity index (χ0n) is 16.4. The molecule has 2 N–H and O–H groups in total. The highest BCUT2D eigenvalue weighted by Gasteiger charge is 2.18. The number of nitrogens with zero attached hydrogens (tertiary/aromatic N) is 2. The van der Waals surface area contributed by atoms with Crippen LogP contribution in [0.5, 0.6) is 11.5 Å². The summed E-state index contributed by atoms with van der Waals surface area (Å²) in [6, 6.07) is 5.05. The van der Waals surface area contributed by atoms with Gasteiger partial charge in [-0.25, -0.2) is 0 Å². The second kappa shape index (κ2) is 12.9. The molecular weight excluding hydrogens is 485 g/mol. The van der Waals surface area contributed by atoms with E-state index in [1.54, 1.807) is 32.2 Å². The zero-order valence-corrected chi connectivity index (χ0v) is 18.7. The van der Waals surface area contributed by atoms with E-state index in [4.69, 9.17) is 9.47 Å². The number of para-hydroxylation sites is 1. The van der Waals surface area contributed by atoms with Crippen LogP contribution in [0.1, 0.15) is 12.5 Å². The van der Waals surface area contributed by atoms with Gasteiger partial charge in [-0.3, -0.25) is 4.99 Å². The van der Waals surface area contributed by atoms with Crippen LogP contribution in [0.25, 0.3) is 0 Å². The Bertz CT molecular complexity index is 622. The molecule has 0 saturated carbocycles. The standard InChI is InChI=1S/C18H28F2N4O3.HI/c1-4-25-15-7-5-6-13(16(15)27-17(19)20)10-22-18(21-2)23-11-14-12-24(3)8-9-26-14;/h5-7,14,17H,4,8-12H2,1-3H3,(H2,21,22,23);1H. The highest BCUT2D eigenvalue weighted by molar-refractivity contribution is 14.0. The van der Waals surface area contributed by atoms with Gasteiger partial charge in [-0.05, 0) is 20.0 Å². The molecule has 10 heteroatoms. The maximum absolute atomic E-state index is 12.8. The third-order valence-corrected chi connectivity index (χ3v) is 4.08. The second-order valence-electron chi connectivity index (χ2n) is 6.12. The van der Waals surface area contributed by atoms with Crippen molar-refractivity contribution < 1.29 is 23.0 Å². The summed E-state index contributed by atoms with van der Waals surface area (Å²) in [7, 11) is 3.70. The van der Waals surface area contributed by atoms with Crippen molar-refractivity contribution in [2.45, 2.75) is 26.2 Å². The molecular formula is C18H29F2IN4O3. The molecule has 1 aromatic carbocycles. The first-order valence-corrected chi connectivity index (χ1v) is 8.97. The number of morpholine rings is 1. The lowest BCUT2D eigenvalue weighted by atomic mass is 10.2. The minimum atomic E-state index is -2.93. The topological polar surface area (TPSA) is 67.4 Å². The average molecular weight is 514 g/mol. The Morgan fingerprint density at radius 3 is 2.82 bits per heavy atom. The molecule has 1 aromatic rings. The molecule has 28 heavy (non-hydrogen) atoms. The van der Waals surface area contributed by atoms with Crippen molar-refractivity contribution in [2.75, 3.05) is 46.9 Å². The second-order valence-corrected chi connectivity index (χ2v) is 6.12. The first-order valence-electron chi connectivity index (χ1n) is 8.97. The van der Waals surface area contributed by atoms with Crippen LogP contribution in [0, 0.1) is 0 Å². The number of alkyl halides is 2. The number of benzene rings is 1. The van der Waals surface area contributed by atoms with E-state index in [9.17, 15) is 8.78 Å². The Morgan fingerprint density at radius 1 is 1.39 bits per heavy atom. The van der Waals surface area contributed by atoms with E-state index in [1.165, 1.54) is 0 Å². The Hall–Kier alpha value is -1.40. The van der Waals surface area contributed by atoms with E-state index >= 15 is 0 Å². The minimum absolute atomic E-state index is 0. The summed E-state index contributed by atoms with van der Waals surface area (Å²) in [4.78, 5) is 6.37. The highest BCUT2D eigenvalue weighted by Crippen LogP contribution is 2.32. The quantitative estimate of drug-likeness (QED) is 0.316. The van der Waals surface area contributed by atoms with Gasteiger partial charge in [-0.1, -0.05) is 12.1 Å². The van der Waals surface area contributed by atoms with Gasteiger partial charge in [0.2, 0.25) is 0 Å². The van der Waals surface area contributed by atoms with E-state index in [0.29, 0.717) is 37.0 Å². The van der Waals surface area contributed by atoms with Crippen molar-refractivity contribution >= 4 is 29.9 Å². The van der Waals surface area contributed by atoms with Gasteiger partial charge in [0.15, 0.2) is 17.5 Å². The summed E-state index contributed by atoms with van der Waals surface area (Å²) in [5, 5.41) is 6.31. The third-order valence-electron chi connectivity index (χ3n) is 4.08. The number of halogens is 3. The summed E-state index contributed by atoms with van der Waals surface area (Å²) in [6.07, 6.45) is 0.0707. The number of guanidine groups is 1. The van der Waals surface area contributed by atoms with Crippen molar-refractivity contribution in [3.63, 3.8) is 0 Å². The van der Waals surface area contributed by atoms with E-state index in [2.05, 4.69) is 32.3 Å². The number of rotatable bonds is 8. The monoisotopic (exact) mass is 514 g/mol. The summed E-state index contributed by atoms with van der Waals surface area (Å²) in [6.45, 7) is 2.54. The summed E-state index contributed by atoms with van der Waals surface area (Å²) in [5.74, 6) is 0.880. The summed E-state index contributed by atoms with van der Waals surface area (Å²) < 4.78 is 41.4. The van der Waals surface area contributed by atoms with Gasteiger partial charge in [0.25, 0.3) is 0 Å². The molecule has 0 spiro atoms. The number of hydrogen-bond acceptors (Lipinski definition) is 5. The van der Waals surface area contributed by atoms with Crippen LogP contribution in [0.15, 0.2) is 23.2 Å². The highest BCUT2D eigenvalue weighted by atomic mass is 127. The van der Waals surface area contributed by atoms with Crippen LogP contribution < -0.4 is 20.1 Å². The molecule has 2 rings (SSSR count). The molecule has 160 valence electrons. The summed E-state index contributed by atoms with van der Waals surface area (Å²) >= 11 is 0. The first-order chi connectivity index (χ1) is 13.0. The molecule has 7 nitrogen and oxygen atoms in total. The fraction of sp³-hybridized carbons (Fsp3) is 0.611. The molecule has 1 atom stereocenters. The molecule has 1 fully saturated rings. The Labute approximate surface area is 181 Å². The predicted octanol–water partition coefficient (Wildman–Crippen LogP) is 2.30. The molecule has 0 radical (unpaired) electrons. The van der Waals surface area contributed by atoms with E-state index in [1.807, 2.05) is 0 Å². The molecule has 1 aliphatic rings. The Kier molecular flexibility index (Phi) is 11.4. The van der Waals surface area contributed by atoms with Crippen LogP contribution >= 0.6 is 24.0 Å². The van der Waals surface area contributed by atoms with Crippen molar-refractivity contribution in [2.24, 2.45) is 4.99 Å². The number of aliphatic imine (C=N–C) groups is 1. The van der Waals surface area contributed by atoms with Gasteiger partial charge in [0.05, 0.1) is 19.3 Å². The van der Waals surface area contributed by atoms with E-state index in [0.717, 1.165) is 13.1 Å². The van der Waals surface area contributed by atoms with Crippen LogP contribution in [0.3, 0.4) is 0 Å². The van der Waals surface area contributed by atoms with Crippen molar-refractivity contribution in [1.29, 1.82) is 0 Å². The smallest absolute Gasteiger partial charge is 0.387 e. The van der Waals surface area contributed by atoms with Gasteiger partial charge < -0.3 is 29.7 Å². The van der Waals surface area contributed by atoms with Crippen molar-refractivity contribution in [1.82, 2.24) is 15.5 Å². The third kappa shape index (κ3) is 7.92. The van der Waals surface area contributed by atoms with Crippen molar-refractivity contribution in [3.8, 4) is 11.5 Å². The number of ether oxygens (including phenoxy) is 3. The molecule has 1 heterocycles. The molecule has 1 unspecified atom stereocenters. The normalized spacial score (nSPS) is 17.8. The Morgan fingerprint density at radius 2 is 2.18 bits per heavy atom. The van der Waals surface area contributed by atoms with E-state index < -0.39 is 6.61 Å². The first kappa shape index (κ1) is 24.6. The van der Waals surface area contributed by atoms with Gasteiger partial charge >= 0.3 is 6.61 Å². The fourth-order valence-electron chi connectivity index (χ4n) is 2.79. The van der Waals surface area contributed by atoms with Crippen LogP contribution in [0.4, 0.5) is 8.78 Å².